The molecule has 0 bridgehead atoms. The minimum atomic E-state index is -0.221. The van der Waals surface area contributed by atoms with Gasteiger partial charge in [0.05, 0.1) is 0 Å². The van der Waals surface area contributed by atoms with E-state index in [1.54, 1.807) is 24.3 Å². The molecule has 0 spiro atoms. The van der Waals surface area contributed by atoms with E-state index in [4.69, 9.17) is 0 Å². The van der Waals surface area contributed by atoms with Gasteiger partial charge in [0, 0.05) is 13.1 Å². The number of nitrogens with zero attached hydrogens (tertiary/aromatic N) is 2. The van der Waals surface area contributed by atoms with Gasteiger partial charge >= 0.3 is 0 Å². The molecule has 2 aromatic rings. The Balaban J connectivity index is 1.79. The number of nitrogens with one attached hydrogen (secondary N) is 2. The van der Waals surface area contributed by atoms with Crippen LogP contribution in [0.25, 0.3) is 0 Å². The first-order valence-electron chi connectivity index (χ1n) is 8.15. The molecule has 0 saturated carbocycles. The molecule has 24 heavy (non-hydrogen) atoms. The van der Waals surface area contributed by atoms with Gasteiger partial charge in [-0.05, 0) is 42.5 Å². The summed E-state index contributed by atoms with van der Waals surface area (Å²) in [4.78, 5) is 11.9. The van der Waals surface area contributed by atoms with Crippen LogP contribution in [-0.2, 0) is 6.42 Å². The summed E-state index contributed by atoms with van der Waals surface area (Å²) in [5.74, 6) is 0.669. The zero-order chi connectivity index (χ0) is 17.4. The lowest BCUT2D eigenvalue weighted by Crippen LogP contribution is -2.26. The van der Waals surface area contributed by atoms with Gasteiger partial charge in [-0.15, -0.1) is 10.2 Å². The third-order valence-electron chi connectivity index (χ3n) is 3.56. The van der Waals surface area contributed by atoms with Crippen molar-refractivity contribution in [2.45, 2.75) is 26.7 Å². The zero-order valence-corrected chi connectivity index (χ0v) is 14.1. The largest absolute Gasteiger partial charge is 0.368 e. The van der Waals surface area contributed by atoms with Crippen LogP contribution < -0.4 is 10.6 Å². The van der Waals surface area contributed by atoms with Crippen molar-refractivity contribution in [3.05, 3.63) is 53.5 Å². The molecular weight excluding hydrogens is 307 g/mol. The summed E-state index contributed by atoms with van der Waals surface area (Å²) in [6.07, 6.45) is 1.47. The molecule has 1 heterocycles. The summed E-state index contributed by atoms with van der Waals surface area (Å²) in [5.41, 5.74) is 0.942. The second-order valence-electron chi connectivity index (χ2n) is 6.01. The third kappa shape index (κ3) is 5.61. The number of rotatable bonds is 8. The molecule has 0 aliphatic carbocycles. The number of hydrogen-bond acceptors (Lipinski definition) is 4. The minimum Gasteiger partial charge on any atom is -0.368 e. The fraction of sp³-hybridized carbons (Fsp3) is 0.389. The summed E-state index contributed by atoms with van der Waals surface area (Å²) < 4.78 is 13.5. The smallest absolute Gasteiger partial charge is 0.271 e. The summed E-state index contributed by atoms with van der Waals surface area (Å²) in [6, 6.07) is 10.0. The van der Waals surface area contributed by atoms with Crippen LogP contribution in [0.2, 0.25) is 0 Å². The normalized spacial score (nSPS) is 10.7. The van der Waals surface area contributed by atoms with Crippen LogP contribution in [0.5, 0.6) is 0 Å². The quantitative estimate of drug-likeness (QED) is 0.781. The van der Waals surface area contributed by atoms with Crippen molar-refractivity contribution in [2.75, 3.05) is 18.4 Å². The molecular formula is C18H23FN4O. The lowest BCUT2D eigenvalue weighted by atomic mass is 10.1. The average Bonchev–Trinajstić information content (AvgIpc) is 2.57. The summed E-state index contributed by atoms with van der Waals surface area (Å²) in [5, 5.41) is 13.8. The monoisotopic (exact) mass is 330 g/mol. The average molecular weight is 330 g/mol. The SMILES string of the molecule is CC(C)CCNC(=O)c1ccc(NCCc2ccccc2F)nn1. The maximum Gasteiger partial charge on any atom is 0.271 e. The van der Waals surface area contributed by atoms with Crippen LogP contribution in [0.3, 0.4) is 0 Å². The minimum absolute atomic E-state index is 0.209. The van der Waals surface area contributed by atoms with E-state index < -0.39 is 0 Å². The highest BCUT2D eigenvalue weighted by molar-refractivity contribution is 5.92. The number of carbonyl (C=O) groups excluding carboxylic acids is 1. The molecule has 1 aromatic carbocycles. The van der Waals surface area contributed by atoms with Gasteiger partial charge in [-0.25, -0.2) is 4.39 Å². The fourth-order valence-electron chi connectivity index (χ4n) is 2.14. The van der Waals surface area contributed by atoms with Crippen molar-refractivity contribution in [3.63, 3.8) is 0 Å². The summed E-state index contributed by atoms with van der Waals surface area (Å²) in [6.45, 7) is 5.37. The maximum atomic E-state index is 13.5. The maximum absolute atomic E-state index is 13.5. The van der Waals surface area contributed by atoms with E-state index in [-0.39, 0.29) is 11.7 Å². The topological polar surface area (TPSA) is 66.9 Å². The number of amides is 1. The fourth-order valence-corrected chi connectivity index (χ4v) is 2.14. The van der Waals surface area contributed by atoms with E-state index in [2.05, 4.69) is 34.7 Å². The molecule has 0 saturated heterocycles. The molecule has 0 atom stereocenters. The number of aromatic nitrogens is 2. The van der Waals surface area contributed by atoms with Crippen molar-refractivity contribution >= 4 is 11.7 Å². The van der Waals surface area contributed by atoms with E-state index in [1.165, 1.54) is 6.07 Å². The molecule has 6 heteroatoms. The highest BCUT2D eigenvalue weighted by atomic mass is 19.1. The van der Waals surface area contributed by atoms with E-state index >= 15 is 0 Å². The van der Waals surface area contributed by atoms with Gasteiger partial charge in [0.1, 0.15) is 11.6 Å². The Hall–Kier alpha value is -2.50. The predicted molar refractivity (Wildman–Crippen MR) is 92.4 cm³/mol. The molecule has 1 amide bonds. The van der Waals surface area contributed by atoms with Crippen LogP contribution in [0, 0.1) is 11.7 Å². The summed E-state index contributed by atoms with van der Waals surface area (Å²) in [7, 11) is 0. The molecule has 128 valence electrons. The molecule has 0 aliphatic rings. The Labute approximate surface area is 141 Å². The second-order valence-corrected chi connectivity index (χ2v) is 6.01. The number of anilines is 1. The lowest BCUT2D eigenvalue weighted by molar-refractivity contribution is 0.0946. The third-order valence-corrected chi connectivity index (χ3v) is 3.56. The Morgan fingerprint density at radius 2 is 1.92 bits per heavy atom. The van der Waals surface area contributed by atoms with Crippen molar-refractivity contribution < 1.29 is 9.18 Å². The van der Waals surface area contributed by atoms with Gasteiger partial charge in [-0.2, -0.15) is 0 Å². The van der Waals surface area contributed by atoms with Crippen molar-refractivity contribution in [2.24, 2.45) is 5.92 Å². The lowest BCUT2D eigenvalue weighted by Gasteiger charge is -2.08. The van der Waals surface area contributed by atoms with Crippen LogP contribution in [0.1, 0.15) is 36.3 Å². The van der Waals surface area contributed by atoms with E-state index in [9.17, 15) is 9.18 Å². The molecule has 0 aliphatic heterocycles. The summed E-state index contributed by atoms with van der Waals surface area (Å²) >= 11 is 0. The molecule has 0 unspecified atom stereocenters. The Kier molecular flexibility index (Phi) is 6.66. The first-order valence-corrected chi connectivity index (χ1v) is 8.15. The second kappa shape index (κ2) is 8.96. The molecule has 0 radical (unpaired) electrons. The first kappa shape index (κ1) is 17.8. The van der Waals surface area contributed by atoms with Crippen LogP contribution in [-0.4, -0.2) is 29.2 Å². The number of carbonyl (C=O) groups is 1. The van der Waals surface area contributed by atoms with Gasteiger partial charge < -0.3 is 10.6 Å². The van der Waals surface area contributed by atoms with Crippen molar-refractivity contribution in [3.8, 4) is 0 Å². The zero-order valence-electron chi connectivity index (χ0n) is 14.1. The van der Waals surface area contributed by atoms with Gasteiger partial charge in [-0.3, -0.25) is 4.79 Å². The highest BCUT2D eigenvalue weighted by Gasteiger charge is 2.08. The predicted octanol–water partition coefficient (Wildman–Crippen LogP) is 3.05. The van der Waals surface area contributed by atoms with Crippen molar-refractivity contribution in [1.29, 1.82) is 0 Å². The van der Waals surface area contributed by atoms with E-state index in [1.807, 2.05) is 6.07 Å². The van der Waals surface area contributed by atoms with E-state index in [0.717, 1.165) is 6.42 Å². The van der Waals surface area contributed by atoms with E-state index in [0.29, 0.717) is 42.5 Å². The standard InChI is InChI=1S/C18H23FN4O/c1-13(2)9-11-21-18(24)16-7-8-17(23-22-16)20-12-10-14-5-3-4-6-15(14)19/h3-8,13H,9-12H2,1-2H3,(H,20,23)(H,21,24). The molecule has 1 aromatic heterocycles. The van der Waals surface area contributed by atoms with Gasteiger partial charge in [0.25, 0.3) is 5.91 Å². The van der Waals surface area contributed by atoms with Gasteiger partial charge in [0.2, 0.25) is 0 Å². The Morgan fingerprint density at radius 1 is 1.12 bits per heavy atom. The van der Waals surface area contributed by atoms with Crippen LogP contribution in [0.4, 0.5) is 10.2 Å². The Morgan fingerprint density at radius 3 is 2.58 bits per heavy atom. The van der Waals surface area contributed by atoms with Crippen LogP contribution >= 0.6 is 0 Å². The van der Waals surface area contributed by atoms with Crippen LogP contribution in [0.15, 0.2) is 36.4 Å². The van der Waals surface area contributed by atoms with Crippen molar-refractivity contribution in [1.82, 2.24) is 15.5 Å². The molecule has 0 fully saturated rings. The first-order chi connectivity index (χ1) is 11.6. The number of hydrogen-bond donors (Lipinski definition) is 2. The number of halogens is 1. The molecule has 5 nitrogen and oxygen atoms in total. The number of benzene rings is 1. The van der Waals surface area contributed by atoms with Gasteiger partial charge in [-0.1, -0.05) is 32.0 Å². The Bertz CT molecular complexity index is 658. The van der Waals surface area contributed by atoms with Gasteiger partial charge in [0.15, 0.2) is 5.69 Å². The molecule has 2 rings (SSSR count). The molecule has 2 N–H and O–H groups in total. The highest BCUT2D eigenvalue weighted by Crippen LogP contribution is 2.08.